The molecule has 0 spiro atoms. The Morgan fingerprint density at radius 1 is 1.06 bits per heavy atom. The molecular formula is C16H27NO. The summed E-state index contributed by atoms with van der Waals surface area (Å²) >= 11 is 0. The largest absolute Gasteiger partial charge is 0.492 e. The molecule has 0 saturated carbocycles. The smallest absolute Gasteiger partial charge is 0.119 e. The summed E-state index contributed by atoms with van der Waals surface area (Å²) in [7, 11) is 0. The normalized spacial score (nSPS) is 11.6. The second kappa shape index (κ2) is 7.42. The molecule has 1 rings (SSSR count). The Bertz CT molecular complexity index is 324. The number of ether oxygens (including phenoxy) is 1. The van der Waals surface area contributed by atoms with Gasteiger partial charge in [0.25, 0.3) is 0 Å². The topological polar surface area (TPSA) is 21.3 Å². The molecule has 0 aliphatic heterocycles. The lowest BCUT2D eigenvalue weighted by molar-refractivity contribution is 0.304. The van der Waals surface area contributed by atoms with E-state index < -0.39 is 0 Å². The molecule has 0 unspecified atom stereocenters. The van der Waals surface area contributed by atoms with Gasteiger partial charge in [0.1, 0.15) is 12.4 Å². The number of benzene rings is 1. The molecule has 0 fully saturated rings. The van der Waals surface area contributed by atoms with E-state index in [0.29, 0.717) is 5.41 Å². The van der Waals surface area contributed by atoms with Crippen LogP contribution in [0.4, 0.5) is 0 Å². The van der Waals surface area contributed by atoms with Crippen molar-refractivity contribution in [2.24, 2.45) is 5.41 Å². The second-order valence-corrected chi connectivity index (χ2v) is 5.91. The minimum Gasteiger partial charge on any atom is -0.492 e. The van der Waals surface area contributed by atoms with Gasteiger partial charge in [-0.05, 0) is 42.5 Å². The Kier molecular flexibility index (Phi) is 6.20. The molecule has 0 aliphatic rings. The van der Waals surface area contributed by atoms with Gasteiger partial charge in [-0.15, -0.1) is 0 Å². The zero-order valence-electron chi connectivity index (χ0n) is 12.3. The molecule has 0 radical (unpaired) electrons. The van der Waals surface area contributed by atoms with Crippen molar-refractivity contribution in [3.63, 3.8) is 0 Å². The maximum atomic E-state index is 5.68. The zero-order chi connectivity index (χ0) is 13.4. The van der Waals surface area contributed by atoms with Crippen LogP contribution < -0.4 is 10.1 Å². The van der Waals surface area contributed by atoms with E-state index in [0.717, 1.165) is 31.9 Å². The van der Waals surface area contributed by atoms with Crippen molar-refractivity contribution in [2.45, 2.75) is 40.5 Å². The molecule has 2 nitrogen and oxygen atoms in total. The number of nitrogens with one attached hydrogen (secondary N) is 1. The molecule has 1 aromatic rings. The maximum Gasteiger partial charge on any atom is 0.119 e. The standard InChI is InChI=1S/C16H27NO/c1-5-14-6-8-15(9-7-14)18-13-12-17-11-10-16(2,3)4/h6-9,17H,5,10-13H2,1-4H3. The van der Waals surface area contributed by atoms with Crippen LogP contribution in [0.5, 0.6) is 5.75 Å². The number of hydrogen-bond donors (Lipinski definition) is 1. The predicted molar refractivity (Wildman–Crippen MR) is 78.3 cm³/mol. The Labute approximate surface area is 112 Å². The summed E-state index contributed by atoms with van der Waals surface area (Å²) in [6.07, 6.45) is 2.27. The van der Waals surface area contributed by atoms with Gasteiger partial charge in [0.2, 0.25) is 0 Å². The number of rotatable bonds is 7. The fourth-order valence-corrected chi connectivity index (χ4v) is 1.65. The first-order valence-corrected chi connectivity index (χ1v) is 6.94. The highest BCUT2D eigenvalue weighted by atomic mass is 16.5. The Balaban J connectivity index is 2.10. The molecule has 1 N–H and O–H groups in total. The summed E-state index contributed by atoms with van der Waals surface area (Å²) in [6.45, 7) is 11.7. The molecule has 0 aromatic heterocycles. The van der Waals surface area contributed by atoms with Gasteiger partial charge >= 0.3 is 0 Å². The van der Waals surface area contributed by atoms with Crippen molar-refractivity contribution in [1.29, 1.82) is 0 Å². The second-order valence-electron chi connectivity index (χ2n) is 5.91. The van der Waals surface area contributed by atoms with E-state index in [-0.39, 0.29) is 0 Å². The highest BCUT2D eigenvalue weighted by molar-refractivity contribution is 5.27. The third kappa shape index (κ3) is 6.65. The van der Waals surface area contributed by atoms with Crippen molar-refractivity contribution in [2.75, 3.05) is 19.7 Å². The zero-order valence-corrected chi connectivity index (χ0v) is 12.3. The molecule has 0 aliphatic carbocycles. The molecule has 0 amide bonds. The van der Waals surface area contributed by atoms with Crippen LogP contribution in [0.25, 0.3) is 0 Å². The Morgan fingerprint density at radius 3 is 2.28 bits per heavy atom. The quantitative estimate of drug-likeness (QED) is 0.745. The van der Waals surface area contributed by atoms with Crippen molar-refractivity contribution in [1.82, 2.24) is 5.32 Å². The van der Waals surface area contributed by atoms with Crippen LogP contribution in [0, 0.1) is 5.41 Å². The van der Waals surface area contributed by atoms with E-state index in [1.54, 1.807) is 0 Å². The van der Waals surface area contributed by atoms with Gasteiger partial charge in [-0.3, -0.25) is 0 Å². The van der Waals surface area contributed by atoms with E-state index >= 15 is 0 Å². The van der Waals surface area contributed by atoms with E-state index in [2.05, 4.69) is 45.1 Å². The van der Waals surface area contributed by atoms with Crippen LogP contribution in [0.3, 0.4) is 0 Å². The molecule has 102 valence electrons. The van der Waals surface area contributed by atoms with Gasteiger partial charge in [-0.1, -0.05) is 39.8 Å². The van der Waals surface area contributed by atoms with Gasteiger partial charge in [0, 0.05) is 6.54 Å². The lowest BCUT2D eigenvalue weighted by Crippen LogP contribution is -2.25. The number of hydrogen-bond acceptors (Lipinski definition) is 2. The molecule has 0 saturated heterocycles. The third-order valence-corrected chi connectivity index (χ3v) is 2.93. The monoisotopic (exact) mass is 249 g/mol. The summed E-state index contributed by atoms with van der Waals surface area (Å²) in [6, 6.07) is 8.35. The van der Waals surface area contributed by atoms with E-state index in [9.17, 15) is 0 Å². The van der Waals surface area contributed by atoms with Gasteiger partial charge < -0.3 is 10.1 Å². The molecule has 1 aromatic carbocycles. The molecule has 2 heteroatoms. The summed E-state index contributed by atoms with van der Waals surface area (Å²) in [5.41, 5.74) is 1.76. The minimum atomic E-state index is 0.407. The number of aryl methyl sites for hydroxylation is 1. The van der Waals surface area contributed by atoms with Crippen molar-refractivity contribution < 1.29 is 4.74 Å². The van der Waals surface area contributed by atoms with Crippen LogP contribution in [-0.2, 0) is 6.42 Å². The van der Waals surface area contributed by atoms with Gasteiger partial charge in [0.15, 0.2) is 0 Å². The minimum absolute atomic E-state index is 0.407. The first kappa shape index (κ1) is 15.0. The predicted octanol–water partition coefficient (Wildman–Crippen LogP) is 3.65. The highest BCUT2D eigenvalue weighted by Crippen LogP contribution is 2.16. The Hall–Kier alpha value is -1.02. The van der Waals surface area contributed by atoms with Crippen molar-refractivity contribution in [3.05, 3.63) is 29.8 Å². The van der Waals surface area contributed by atoms with Crippen LogP contribution in [0.15, 0.2) is 24.3 Å². The van der Waals surface area contributed by atoms with E-state index in [1.165, 1.54) is 12.0 Å². The van der Waals surface area contributed by atoms with E-state index in [4.69, 9.17) is 4.74 Å². The van der Waals surface area contributed by atoms with Crippen LogP contribution in [0.1, 0.15) is 39.7 Å². The summed E-state index contributed by atoms with van der Waals surface area (Å²) in [4.78, 5) is 0. The summed E-state index contributed by atoms with van der Waals surface area (Å²) in [5, 5.41) is 3.41. The SMILES string of the molecule is CCc1ccc(OCCNCCC(C)(C)C)cc1. The van der Waals surface area contributed by atoms with Crippen molar-refractivity contribution >= 4 is 0 Å². The first-order valence-electron chi connectivity index (χ1n) is 6.94. The summed E-state index contributed by atoms with van der Waals surface area (Å²) < 4.78 is 5.68. The average molecular weight is 249 g/mol. The fourth-order valence-electron chi connectivity index (χ4n) is 1.65. The highest BCUT2D eigenvalue weighted by Gasteiger charge is 2.08. The maximum absolute atomic E-state index is 5.68. The lowest BCUT2D eigenvalue weighted by Gasteiger charge is -2.18. The van der Waals surface area contributed by atoms with Gasteiger partial charge in [0.05, 0.1) is 0 Å². The summed E-state index contributed by atoms with van der Waals surface area (Å²) in [5.74, 6) is 0.963. The first-order chi connectivity index (χ1) is 8.51. The van der Waals surface area contributed by atoms with E-state index in [1.807, 2.05) is 12.1 Å². The van der Waals surface area contributed by atoms with Crippen molar-refractivity contribution in [3.8, 4) is 5.75 Å². The Morgan fingerprint density at radius 2 is 1.72 bits per heavy atom. The van der Waals surface area contributed by atoms with Crippen LogP contribution in [0.2, 0.25) is 0 Å². The van der Waals surface area contributed by atoms with Crippen LogP contribution >= 0.6 is 0 Å². The van der Waals surface area contributed by atoms with Gasteiger partial charge in [-0.2, -0.15) is 0 Å². The van der Waals surface area contributed by atoms with Gasteiger partial charge in [-0.25, -0.2) is 0 Å². The molecule has 0 heterocycles. The molecule has 18 heavy (non-hydrogen) atoms. The molecule has 0 atom stereocenters. The molecule has 0 bridgehead atoms. The third-order valence-electron chi connectivity index (χ3n) is 2.93. The molecular weight excluding hydrogens is 222 g/mol. The average Bonchev–Trinajstić information content (AvgIpc) is 2.33. The lowest BCUT2D eigenvalue weighted by atomic mass is 9.92. The fraction of sp³-hybridized carbons (Fsp3) is 0.625. The van der Waals surface area contributed by atoms with Crippen LogP contribution in [-0.4, -0.2) is 19.7 Å².